The monoisotopic (exact) mass is 470 g/mol. The maximum Gasteiger partial charge on any atom is 0.217 e. The normalized spacial score (nSPS) is 19.8. The summed E-state index contributed by atoms with van der Waals surface area (Å²) in [5.41, 5.74) is 3.15. The van der Waals surface area contributed by atoms with Crippen molar-refractivity contribution in [2.45, 2.75) is 18.7 Å². The number of hydrogen-bond acceptors (Lipinski definition) is 6. The molecule has 0 bridgehead atoms. The van der Waals surface area contributed by atoms with Crippen molar-refractivity contribution in [1.82, 2.24) is 5.01 Å². The highest BCUT2D eigenvalue weighted by atomic mass is 79.9. The number of fused-ring (bicyclic) bond motifs is 3. The van der Waals surface area contributed by atoms with Crippen LogP contribution >= 0.6 is 27.3 Å². The van der Waals surface area contributed by atoms with Crippen LogP contribution in [0.25, 0.3) is 0 Å². The van der Waals surface area contributed by atoms with Crippen molar-refractivity contribution < 1.29 is 14.2 Å². The van der Waals surface area contributed by atoms with Gasteiger partial charge >= 0.3 is 0 Å². The molecule has 0 saturated heterocycles. The zero-order valence-corrected chi connectivity index (χ0v) is 18.4. The zero-order valence-electron chi connectivity index (χ0n) is 16.0. The molecule has 148 valence electrons. The Labute approximate surface area is 181 Å². The molecule has 0 unspecified atom stereocenters. The standard InChI is InChI=1S/C22H19BrN2O3S/c1-26-13-7-8-15(19(11-13)27-2)22-25-17(14-5-3-4-6-18(14)28-22)12-16(24-25)20-9-10-21(23)29-20/h3-11,17,22H,12H2,1-2H3/t17-,22-/m1/s1. The predicted octanol–water partition coefficient (Wildman–Crippen LogP) is 5.77. The molecular formula is C22H19BrN2O3S. The van der Waals surface area contributed by atoms with Crippen LogP contribution in [0.2, 0.25) is 0 Å². The Bertz CT molecular complexity index is 1100. The van der Waals surface area contributed by atoms with Gasteiger partial charge in [-0.25, -0.2) is 5.01 Å². The number of benzene rings is 2. The van der Waals surface area contributed by atoms with Crippen molar-refractivity contribution in [2.75, 3.05) is 14.2 Å². The zero-order chi connectivity index (χ0) is 20.0. The van der Waals surface area contributed by atoms with Crippen LogP contribution in [0.3, 0.4) is 0 Å². The predicted molar refractivity (Wildman–Crippen MR) is 117 cm³/mol. The van der Waals surface area contributed by atoms with Crippen molar-refractivity contribution in [3.63, 3.8) is 0 Å². The molecule has 5 nitrogen and oxygen atoms in total. The number of rotatable bonds is 4. The fourth-order valence-electron chi connectivity index (χ4n) is 3.88. The number of nitrogens with zero attached hydrogens (tertiary/aromatic N) is 2. The molecule has 0 radical (unpaired) electrons. The molecule has 0 spiro atoms. The fourth-order valence-corrected chi connectivity index (χ4v) is 5.26. The van der Waals surface area contributed by atoms with Crippen LogP contribution in [0, 0.1) is 0 Å². The second-order valence-corrected chi connectivity index (χ2v) is 9.33. The molecule has 2 atom stereocenters. The lowest BCUT2D eigenvalue weighted by molar-refractivity contribution is -0.0203. The van der Waals surface area contributed by atoms with Gasteiger partial charge in [-0.15, -0.1) is 11.3 Å². The summed E-state index contributed by atoms with van der Waals surface area (Å²) in [6.07, 6.45) is 0.458. The van der Waals surface area contributed by atoms with Crippen molar-refractivity contribution in [3.8, 4) is 17.2 Å². The van der Waals surface area contributed by atoms with E-state index in [2.05, 4.69) is 39.1 Å². The van der Waals surface area contributed by atoms with Crippen LogP contribution < -0.4 is 14.2 Å². The van der Waals surface area contributed by atoms with E-state index in [1.807, 2.05) is 36.4 Å². The van der Waals surface area contributed by atoms with Gasteiger partial charge in [0.05, 0.1) is 40.2 Å². The Hall–Kier alpha value is -2.51. The minimum Gasteiger partial charge on any atom is -0.497 e. The van der Waals surface area contributed by atoms with Gasteiger partial charge in [0.25, 0.3) is 0 Å². The number of ether oxygens (including phenoxy) is 3. The lowest BCUT2D eigenvalue weighted by Gasteiger charge is -2.38. The summed E-state index contributed by atoms with van der Waals surface area (Å²) in [4.78, 5) is 1.17. The van der Waals surface area contributed by atoms with Crippen LogP contribution in [-0.2, 0) is 0 Å². The lowest BCUT2D eigenvalue weighted by Crippen LogP contribution is -2.33. The third kappa shape index (κ3) is 3.18. The molecule has 3 heterocycles. The average Bonchev–Trinajstić information content (AvgIpc) is 3.39. The summed E-state index contributed by atoms with van der Waals surface area (Å²) in [5.74, 6) is 2.35. The van der Waals surface area contributed by atoms with Gasteiger partial charge in [-0.1, -0.05) is 18.2 Å². The molecule has 2 aromatic carbocycles. The van der Waals surface area contributed by atoms with E-state index in [1.54, 1.807) is 25.6 Å². The first kappa shape index (κ1) is 18.5. The van der Waals surface area contributed by atoms with Crippen LogP contribution in [0.5, 0.6) is 17.2 Å². The number of hydrogen-bond donors (Lipinski definition) is 0. The SMILES string of the molecule is COc1ccc([C@H]2Oc3ccccc3[C@H]3CC(c4ccc(Br)s4)=NN32)c(OC)c1. The van der Waals surface area contributed by atoms with Crippen LogP contribution in [-0.4, -0.2) is 24.9 Å². The molecular weight excluding hydrogens is 452 g/mol. The molecule has 0 saturated carbocycles. The molecule has 29 heavy (non-hydrogen) atoms. The molecule has 5 rings (SSSR count). The summed E-state index contributed by atoms with van der Waals surface area (Å²) < 4.78 is 18.5. The number of hydrazone groups is 1. The molecule has 0 N–H and O–H groups in total. The Morgan fingerprint density at radius 1 is 1.07 bits per heavy atom. The van der Waals surface area contributed by atoms with Crippen LogP contribution in [0.4, 0.5) is 0 Å². The van der Waals surface area contributed by atoms with E-state index < -0.39 is 0 Å². The fraction of sp³-hybridized carbons (Fsp3) is 0.227. The second kappa shape index (κ2) is 7.39. The molecule has 2 aliphatic rings. The highest BCUT2D eigenvalue weighted by molar-refractivity contribution is 9.11. The molecule has 3 aromatic rings. The summed E-state index contributed by atoms with van der Waals surface area (Å²) in [6, 6.07) is 18.3. The first-order valence-corrected chi connectivity index (χ1v) is 10.9. The molecule has 0 fully saturated rings. The molecule has 2 aliphatic heterocycles. The first-order chi connectivity index (χ1) is 14.2. The molecule has 7 heteroatoms. The van der Waals surface area contributed by atoms with Crippen molar-refractivity contribution in [3.05, 3.63) is 74.4 Å². The average molecular weight is 471 g/mol. The number of para-hydroxylation sites is 1. The van der Waals surface area contributed by atoms with E-state index in [0.29, 0.717) is 0 Å². The van der Waals surface area contributed by atoms with Gasteiger partial charge in [0, 0.05) is 18.1 Å². The largest absolute Gasteiger partial charge is 0.497 e. The lowest BCUT2D eigenvalue weighted by atomic mass is 9.97. The van der Waals surface area contributed by atoms with E-state index in [0.717, 1.165) is 44.3 Å². The van der Waals surface area contributed by atoms with E-state index >= 15 is 0 Å². The van der Waals surface area contributed by atoms with Gasteiger partial charge in [-0.3, -0.25) is 0 Å². The summed E-state index contributed by atoms with van der Waals surface area (Å²) >= 11 is 5.26. The van der Waals surface area contributed by atoms with Gasteiger partial charge < -0.3 is 14.2 Å². The van der Waals surface area contributed by atoms with Crippen molar-refractivity contribution in [2.24, 2.45) is 5.10 Å². The van der Waals surface area contributed by atoms with E-state index in [1.165, 1.54) is 4.88 Å². The van der Waals surface area contributed by atoms with Gasteiger partial charge in [0.1, 0.15) is 17.2 Å². The Kier molecular flexibility index (Phi) is 4.72. The molecule has 1 aromatic heterocycles. The minimum absolute atomic E-state index is 0.118. The van der Waals surface area contributed by atoms with E-state index in [-0.39, 0.29) is 12.3 Å². The summed E-state index contributed by atoms with van der Waals surface area (Å²) in [5, 5.41) is 7.06. The van der Waals surface area contributed by atoms with Crippen LogP contribution in [0.1, 0.15) is 34.7 Å². The Morgan fingerprint density at radius 2 is 1.93 bits per heavy atom. The summed E-state index contributed by atoms with van der Waals surface area (Å²) in [7, 11) is 3.31. The maximum absolute atomic E-state index is 6.43. The Balaban J connectivity index is 1.61. The topological polar surface area (TPSA) is 43.3 Å². The van der Waals surface area contributed by atoms with Gasteiger partial charge in [-0.05, 0) is 46.3 Å². The maximum atomic E-state index is 6.43. The number of thiophene rings is 1. The molecule has 0 amide bonds. The third-order valence-electron chi connectivity index (χ3n) is 5.26. The number of halogens is 1. The van der Waals surface area contributed by atoms with Crippen LogP contribution in [0.15, 0.2) is 63.5 Å². The van der Waals surface area contributed by atoms with Crippen molar-refractivity contribution in [1.29, 1.82) is 0 Å². The third-order valence-corrected chi connectivity index (χ3v) is 6.94. The minimum atomic E-state index is -0.378. The van der Waals surface area contributed by atoms with E-state index in [9.17, 15) is 0 Å². The first-order valence-electron chi connectivity index (χ1n) is 9.27. The van der Waals surface area contributed by atoms with Crippen molar-refractivity contribution >= 4 is 33.0 Å². The number of methoxy groups -OCH3 is 2. The van der Waals surface area contributed by atoms with Gasteiger partial charge in [0.2, 0.25) is 6.23 Å². The Morgan fingerprint density at radius 3 is 2.69 bits per heavy atom. The highest BCUT2D eigenvalue weighted by Crippen LogP contribution is 2.49. The smallest absolute Gasteiger partial charge is 0.217 e. The van der Waals surface area contributed by atoms with Gasteiger partial charge in [-0.2, -0.15) is 5.10 Å². The van der Waals surface area contributed by atoms with Gasteiger partial charge in [0.15, 0.2) is 0 Å². The van der Waals surface area contributed by atoms with E-state index in [4.69, 9.17) is 19.3 Å². The summed E-state index contributed by atoms with van der Waals surface area (Å²) in [6.45, 7) is 0. The highest BCUT2D eigenvalue weighted by Gasteiger charge is 2.42. The second-order valence-electron chi connectivity index (χ2n) is 6.87. The molecule has 0 aliphatic carbocycles. The quantitative estimate of drug-likeness (QED) is 0.485.